The number of hydrogen-bond donors (Lipinski definition) is 1. The number of carbonyl (C=O) groups excluding carboxylic acids is 1. The third kappa shape index (κ3) is 5.05. The van der Waals surface area contributed by atoms with Gasteiger partial charge in [-0.2, -0.15) is 0 Å². The summed E-state index contributed by atoms with van der Waals surface area (Å²) in [6, 6.07) is 0. The first-order valence-electron chi connectivity index (χ1n) is 5.80. The van der Waals surface area contributed by atoms with Gasteiger partial charge >= 0.3 is 0 Å². The number of quaternary nitrogens is 1. The molecule has 0 radical (unpaired) electrons. The second-order valence-corrected chi connectivity index (χ2v) is 6.39. The van der Waals surface area contributed by atoms with Crippen molar-refractivity contribution in [3.05, 3.63) is 6.33 Å². The predicted molar refractivity (Wildman–Crippen MR) is 67.2 cm³/mol. The molecule has 7 heteroatoms. The summed E-state index contributed by atoms with van der Waals surface area (Å²) >= 11 is 1.14. The van der Waals surface area contributed by atoms with E-state index < -0.39 is 5.97 Å². The number of carboxylic acid groups (broad SMARTS) is 1. The molecule has 0 atom stereocenters. The summed E-state index contributed by atoms with van der Waals surface area (Å²) in [5.74, 6) is -1.19. The van der Waals surface area contributed by atoms with E-state index in [1.54, 1.807) is 6.33 Å². The quantitative estimate of drug-likeness (QED) is 0.598. The molecule has 0 aliphatic heterocycles. The first-order valence-corrected chi connectivity index (χ1v) is 6.78. The van der Waals surface area contributed by atoms with Crippen molar-refractivity contribution in [1.82, 2.24) is 14.8 Å². The molecule has 1 heterocycles. The fraction of sp³-hybridized carbons (Fsp3) is 0.727. The first kappa shape index (κ1) is 15.0. The number of rotatable bonds is 7. The van der Waals surface area contributed by atoms with Gasteiger partial charge in [-0.05, 0) is 0 Å². The number of aliphatic carboxylic acids is 1. The number of thioether (sulfide) groups is 1. The Bertz CT molecular complexity index is 404. The minimum atomic E-state index is -1.09. The summed E-state index contributed by atoms with van der Waals surface area (Å²) in [5.41, 5.74) is 0.0952. The van der Waals surface area contributed by atoms with Gasteiger partial charge in [0, 0.05) is 17.7 Å². The largest absolute Gasteiger partial charge is 0.549 e. The van der Waals surface area contributed by atoms with E-state index in [1.165, 1.54) is 4.90 Å². The summed E-state index contributed by atoms with van der Waals surface area (Å²) in [7, 11) is 4.22. The van der Waals surface area contributed by atoms with Crippen LogP contribution in [0.15, 0.2) is 11.5 Å². The molecule has 0 aromatic carbocycles. The molecule has 0 unspecified atom stereocenters. The number of nitrogens with one attached hydrogen (secondary N) is 1. The van der Waals surface area contributed by atoms with Gasteiger partial charge in [0.15, 0.2) is 5.16 Å². The standard InChI is InChI=1S/C11H20N4O2S/c1-11(2,6-14(3)4)7-15-8-12-13-10(15)18-5-9(16)17/h8H,5-7H2,1-4H3,(H,16,17). The Morgan fingerprint density at radius 3 is 2.78 bits per heavy atom. The normalized spacial score (nSPS) is 12.1. The maximum atomic E-state index is 10.4. The summed E-state index contributed by atoms with van der Waals surface area (Å²) in [6.07, 6.45) is 1.64. The maximum absolute atomic E-state index is 10.4. The van der Waals surface area contributed by atoms with Gasteiger partial charge in [-0.25, -0.2) is 0 Å². The second kappa shape index (κ2) is 6.19. The molecule has 1 aromatic rings. The Morgan fingerprint density at radius 2 is 2.22 bits per heavy atom. The van der Waals surface area contributed by atoms with Crippen LogP contribution in [-0.2, 0) is 11.3 Å². The molecule has 1 aromatic heterocycles. The van der Waals surface area contributed by atoms with Gasteiger partial charge in [0.25, 0.3) is 0 Å². The SMILES string of the molecule is C[NH+](C)CC(C)(C)Cn1cnnc1SCC(=O)[O-]. The molecule has 0 bridgehead atoms. The van der Waals surface area contributed by atoms with Gasteiger partial charge in [-0.3, -0.25) is 0 Å². The monoisotopic (exact) mass is 272 g/mol. The molecule has 0 spiro atoms. The molecular weight excluding hydrogens is 252 g/mol. The Labute approximate surface area is 111 Å². The van der Waals surface area contributed by atoms with Gasteiger partial charge in [-0.15, -0.1) is 10.2 Å². The third-order valence-corrected chi connectivity index (χ3v) is 3.28. The van der Waals surface area contributed by atoms with Crippen LogP contribution in [0.1, 0.15) is 13.8 Å². The van der Waals surface area contributed by atoms with Crippen molar-refractivity contribution in [2.24, 2.45) is 5.41 Å². The topological polar surface area (TPSA) is 75.3 Å². The van der Waals surface area contributed by atoms with E-state index in [2.05, 4.69) is 38.1 Å². The molecule has 0 fully saturated rings. The molecule has 1 N–H and O–H groups in total. The Balaban J connectivity index is 2.67. The number of carboxylic acids is 1. The summed E-state index contributed by atoms with van der Waals surface area (Å²) in [6.45, 7) is 6.12. The van der Waals surface area contributed by atoms with Crippen LogP contribution in [0.25, 0.3) is 0 Å². The van der Waals surface area contributed by atoms with Gasteiger partial charge in [0.1, 0.15) is 6.33 Å². The fourth-order valence-corrected chi connectivity index (χ4v) is 2.69. The van der Waals surface area contributed by atoms with E-state index in [4.69, 9.17) is 0 Å². The number of nitrogens with zero attached hydrogens (tertiary/aromatic N) is 3. The molecule has 0 saturated carbocycles. The zero-order chi connectivity index (χ0) is 13.8. The van der Waals surface area contributed by atoms with Crippen LogP contribution in [-0.4, -0.2) is 47.1 Å². The molecule has 0 aliphatic rings. The zero-order valence-electron chi connectivity index (χ0n) is 11.3. The highest BCUT2D eigenvalue weighted by molar-refractivity contribution is 7.99. The Morgan fingerprint density at radius 1 is 1.56 bits per heavy atom. The van der Waals surface area contributed by atoms with Gasteiger partial charge in [-0.1, -0.05) is 25.6 Å². The van der Waals surface area contributed by atoms with Crippen LogP contribution in [0.3, 0.4) is 0 Å². The lowest BCUT2D eigenvalue weighted by Crippen LogP contribution is -3.07. The van der Waals surface area contributed by atoms with Crippen molar-refractivity contribution in [3.8, 4) is 0 Å². The number of carbonyl (C=O) groups is 1. The lowest BCUT2D eigenvalue weighted by molar-refractivity contribution is -0.865. The van der Waals surface area contributed by atoms with E-state index in [0.29, 0.717) is 5.16 Å². The number of hydrogen-bond acceptors (Lipinski definition) is 5. The van der Waals surface area contributed by atoms with E-state index in [1.807, 2.05) is 4.57 Å². The minimum absolute atomic E-state index is 0.0952. The molecular formula is C11H20N4O2S. The average Bonchev–Trinajstić information content (AvgIpc) is 2.59. The smallest absolute Gasteiger partial charge is 0.191 e. The van der Waals surface area contributed by atoms with E-state index in [-0.39, 0.29) is 11.2 Å². The molecule has 0 aliphatic carbocycles. The highest BCUT2D eigenvalue weighted by atomic mass is 32.2. The van der Waals surface area contributed by atoms with Gasteiger partial charge < -0.3 is 19.4 Å². The van der Waals surface area contributed by atoms with Crippen molar-refractivity contribution < 1.29 is 14.8 Å². The van der Waals surface area contributed by atoms with Crippen molar-refractivity contribution in [2.75, 3.05) is 26.4 Å². The average molecular weight is 272 g/mol. The van der Waals surface area contributed by atoms with Crippen LogP contribution in [0, 0.1) is 5.41 Å². The number of aromatic nitrogens is 3. The first-order chi connectivity index (χ1) is 8.30. The van der Waals surface area contributed by atoms with Crippen molar-refractivity contribution >= 4 is 17.7 Å². The Kier molecular flexibility index (Phi) is 5.15. The highest BCUT2D eigenvalue weighted by Gasteiger charge is 2.23. The van der Waals surface area contributed by atoms with Crippen molar-refractivity contribution in [2.45, 2.75) is 25.5 Å². The molecule has 102 valence electrons. The molecule has 0 amide bonds. The van der Waals surface area contributed by atoms with Crippen LogP contribution >= 0.6 is 11.8 Å². The van der Waals surface area contributed by atoms with Gasteiger partial charge in [0.2, 0.25) is 0 Å². The molecule has 6 nitrogen and oxygen atoms in total. The highest BCUT2D eigenvalue weighted by Crippen LogP contribution is 2.20. The van der Waals surface area contributed by atoms with E-state index in [9.17, 15) is 9.90 Å². The van der Waals surface area contributed by atoms with Gasteiger partial charge in [0.05, 0.1) is 26.6 Å². The second-order valence-electron chi connectivity index (χ2n) is 5.45. The van der Waals surface area contributed by atoms with Crippen molar-refractivity contribution in [1.29, 1.82) is 0 Å². The lowest BCUT2D eigenvalue weighted by atomic mass is 9.93. The van der Waals surface area contributed by atoms with Crippen LogP contribution in [0.4, 0.5) is 0 Å². The minimum Gasteiger partial charge on any atom is -0.549 e. The fourth-order valence-electron chi connectivity index (χ4n) is 2.06. The van der Waals surface area contributed by atoms with E-state index >= 15 is 0 Å². The molecule has 18 heavy (non-hydrogen) atoms. The zero-order valence-corrected chi connectivity index (χ0v) is 12.1. The lowest BCUT2D eigenvalue weighted by Gasteiger charge is -2.26. The molecule has 0 saturated heterocycles. The third-order valence-electron chi connectivity index (χ3n) is 2.33. The van der Waals surface area contributed by atoms with Crippen molar-refractivity contribution in [3.63, 3.8) is 0 Å². The Hall–Kier alpha value is -1.08. The summed E-state index contributed by atoms with van der Waals surface area (Å²) in [5, 5.41) is 18.8. The summed E-state index contributed by atoms with van der Waals surface area (Å²) < 4.78 is 1.90. The van der Waals surface area contributed by atoms with Crippen LogP contribution < -0.4 is 10.0 Å². The summed E-state index contributed by atoms with van der Waals surface area (Å²) in [4.78, 5) is 11.8. The molecule has 1 rings (SSSR count). The van der Waals surface area contributed by atoms with Crippen LogP contribution in [0.2, 0.25) is 0 Å². The maximum Gasteiger partial charge on any atom is 0.191 e. The van der Waals surface area contributed by atoms with Crippen LogP contribution in [0.5, 0.6) is 0 Å². The van der Waals surface area contributed by atoms with E-state index in [0.717, 1.165) is 24.9 Å². The predicted octanol–water partition coefficient (Wildman–Crippen LogP) is -1.71.